The van der Waals surface area contributed by atoms with Crippen LogP contribution < -0.4 is 19.5 Å². The molecule has 1 N–H and O–H groups in total. The highest BCUT2D eigenvalue weighted by Gasteiger charge is 2.21. The molecule has 1 saturated heterocycles. The monoisotopic (exact) mass is 443 g/mol. The molecule has 2 aliphatic rings. The Morgan fingerprint density at radius 2 is 1.78 bits per heavy atom. The van der Waals surface area contributed by atoms with Crippen LogP contribution in [0, 0.1) is 5.82 Å². The van der Waals surface area contributed by atoms with Gasteiger partial charge in [0.15, 0.2) is 23.1 Å². The lowest BCUT2D eigenvalue weighted by Crippen LogP contribution is -2.49. The molecule has 2 aromatic rings. The second kappa shape index (κ2) is 10.2. The minimum absolute atomic E-state index is 0.00179. The van der Waals surface area contributed by atoms with Crippen LogP contribution in [0.25, 0.3) is 0 Å². The number of methoxy groups -OCH3 is 1. The fourth-order valence-corrected chi connectivity index (χ4v) is 4.07. The Hall–Kier alpha value is -2.84. The Morgan fingerprint density at radius 1 is 1.06 bits per heavy atom. The molecule has 1 atom stereocenters. The van der Waals surface area contributed by atoms with Crippen LogP contribution in [-0.4, -0.2) is 68.8 Å². The van der Waals surface area contributed by atoms with Crippen molar-refractivity contribution < 1.29 is 23.4 Å². The zero-order valence-corrected chi connectivity index (χ0v) is 18.6. The second-order valence-corrected chi connectivity index (χ2v) is 8.21. The largest absolute Gasteiger partial charge is 0.494 e. The molecule has 8 heteroatoms. The molecule has 0 saturated carbocycles. The summed E-state index contributed by atoms with van der Waals surface area (Å²) >= 11 is 0. The molecule has 2 aliphatic heterocycles. The van der Waals surface area contributed by atoms with Crippen molar-refractivity contribution in [1.82, 2.24) is 15.1 Å². The third kappa shape index (κ3) is 5.49. The zero-order chi connectivity index (χ0) is 22.5. The Balaban J connectivity index is 1.22. The number of carbonyl (C=O) groups excluding carboxylic acids is 1. The highest BCUT2D eigenvalue weighted by atomic mass is 19.1. The molecule has 172 valence electrons. The first-order valence-electron chi connectivity index (χ1n) is 11.0. The predicted molar refractivity (Wildman–Crippen MR) is 119 cm³/mol. The molecule has 4 rings (SSSR count). The molecule has 1 fully saturated rings. The van der Waals surface area contributed by atoms with Crippen LogP contribution in [-0.2, 0) is 11.3 Å². The maximum atomic E-state index is 13.9. The van der Waals surface area contributed by atoms with Gasteiger partial charge in [-0.25, -0.2) is 4.39 Å². The van der Waals surface area contributed by atoms with Crippen molar-refractivity contribution in [2.45, 2.75) is 19.5 Å². The van der Waals surface area contributed by atoms with Crippen LogP contribution in [0.15, 0.2) is 36.4 Å². The highest BCUT2D eigenvalue weighted by Crippen LogP contribution is 2.32. The topological polar surface area (TPSA) is 63.3 Å². The van der Waals surface area contributed by atoms with E-state index >= 15 is 0 Å². The van der Waals surface area contributed by atoms with Crippen molar-refractivity contribution in [2.24, 2.45) is 0 Å². The van der Waals surface area contributed by atoms with E-state index in [2.05, 4.69) is 15.1 Å². The molecular weight excluding hydrogens is 413 g/mol. The zero-order valence-electron chi connectivity index (χ0n) is 18.6. The van der Waals surface area contributed by atoms with E-state index in [0.717, 1.165) is 48.8 Å². The van der Waals surface area contributed by atoms with Crippen LogP contribution >= 0.6 is 0 Å². The first-order chi connectivity index (χ1) is 15.5. The number of benzene rings is 2. The number of amides is 1. The Kier molecular flexibility index (Phi) is 7.12. The summed E-state index contributed by atoms with van der Waals surface area (Å²) in [6.07, 6.45) is 0. The van der Waals surface area contributed by atoms with Crippen LogP contribution in [0.1, 0.15) is 24.1 Å². The van der Waals surface area contributed by atoms with E-state index in [4.69, 9.17) is 14.2 Å². The van der Waals surface area contributed by atoms with E-state index in [1.54, 1.807) is 6.07 Å². The SMILES string of the molecule is COc1ccc(CN2CCN(CC(=O)NC(C)c3ccc4c(c3)OCCO4)CC2)cc1F. The Morgan fingerprint density at radius 3 is 2.50 bits per heavy atom. The van der Waals surface area contributed by atoms with Crippen molar-refractivity contribution in [3.05, 3.63) is 53.3 Å². The van der Waals surface area contributed by atoms with Gasteiger partial charge in [-0.15, -0.1) is 0 Å². The van der Waals surface area contributed by atoms with Crippen molar-refractivity contribution in [3.8, 4) is 17.2 Å². The molecule has 0 bridgehead atoms. The third-order valence-corrected chi connectivity index (χ3v) is 5.90. The molecule has 0 spiro atoms. The van der Waals surface area contributed by atoms with Crippen LogP contribution in [0.4, 0.5) is 4.39 Å². The molecule has 0 aromatic heterocycles. The smallest absolute Gasteiger partial charge is 0.234 e. The number of rotatable bonds is 7. The van der Waals surface area contributed by atoms with Gasteiger partial charge in [0.25, 0.3) is 0 Å². The standard InChI is InChI=1S/C24H30FN3O4/c1-17(19-4-6-22-23(14-19)32-12-11-31-22)26-24(29)16-28-9-7-27(8-10-28)15-18-3-5-21(30-2)20(25)13-18/h3-6,13-14,17H,7-12,15-16H2,1-2H3,(H,26,29). The molecule has 2 aromatic carbocycles. The van der Waals surface area contributed by atoms with Crippen molar-refractivity contribution >= 4 is 5.91 Å². The molecule has 0 aliphatic carbocycles. The quantitative estimate of drug-likeness (QED) is 0.710. The molecule has 0 radical (unpaired) electrons. The van der Waals surface area contributed by atoms with Gasteiger partial charge in [-0.2, -0.15) is 0 Å². The van der Waals surface area contributed by atoms with E-state index < -0.39 is 0 Å². The van der Waals surface area contributed by atoms with E-state index in [1.807, 2.05) is 31.2 Å². The molecule has 7 nitrogen and oxygen atoms in total. The maximum Gasteiger partial charge on any atom is 0.234 e. The fraction of sp³-hybridized carbons (Fsp3) is 0.458. The first kappa shape index (κ1) is 22.4. The average Bonchev–Trinajstić information content (AvgIpc) is 2.80. The van der Waals surface area contributed by atoms with Gasteiger partial charge >= 0.3 is 0 Å². The minimum atomic E-state index is -0.340. The average molecular weight is 444 g/mol. The number of hydrogen-bond acceptors (Lipinski definition) is 6. The lowest BCUT2D eigenvalue weighted by molar-refractivity contribution is -0.123. The number of ether oxygens (including phenoxy) is 3. The van der Waals surface area contributed by atoms with Crippen LogP contribution in [0.2, 0.25) is 0 Å². The van der Waals surface area contributed by atoms with Gasteiger partial charge in [0, 0.05) is 32.7 Å². The van der Waals surface area contributed by atoms with E-state index in [0.29, 0.717) is 26.3 Å². The van der Waals surface area contributed by atoms with Gasteiger partial charge in [0.1, 0.15) is 13.2 Å². The molecule has 1 amide bonds. The van der Waals surface area contributed by atoms with Crippen molar-refractivity contribution in [2.75, 3.05) is 53.0 Å². The van der Waals surface area contributed by atoms with Crippen molar-refractivity contribution in [1.29, 1.82) is 0 Å². The Labute approximate surface area is 188 Å². The number of nitrogens with one attached hydrogen (secondary N) is 1. The van der Waals surface area contributed by atoms with E-state index in [9.17, 15) is 9.18 Å². The third-order valence-electron chi connectivity index (χ3n) is 5.90. The minimum Gasteiger partial charge on any atom is -0.494 e. The lowest BCUT2D eigenvalue weighted by atomic mass is 10.1. The van der Waals surface area contributed by atoms with Crippen molar-refractivity contribution in [3.63, 3.8) is 0 Å². The van der Waals surface area contributed by atoms with Gasteiger partial charge in [-0.05, 0) is 42.3 Å². The summed E-state index contributed by atoms with van der Waals surface area (Å²) in [6.45, 7) is 7.36. The summed E-state index contributed by atoms with van der Waals surface area (Å²) in [5, 5.41) is 3.07. The van der Waals surface area contributed by atoms with Gasteiger partial charge in [0.2, 0.25) is 5.91 Å². The summed E-state index contributed by atoms with van der Waals surface area (Å²) in [7, 11) is 1.46. The summed E-state index contributed by atoms with van der Waals surface area (Å²) in [4.78, 5) is 17.0. The number of nitrogens with zero attached hydrogens (tertiary/aromatic N) is 2. The summed E-state index contributed by atoms with van der Waals surface area (Å²) in [5.41, 5.74) is 1.90. The maximum absolute atomic E-state index is 13.9. The first-order valence-corrected chi connectivity index (χ1v) is 11.0. The molecule has 32 heavy (non-hydrogen) atoms. The molecule has 1 unspecified atom stereocenters. The number of halogens is 1. The lowest BCUT2D eigenvalue weighted by Gasteiger charge is -2.34. The van der Waals surface area contributed by atoms with Gasteiger partial charge < -0.3 is 19.5 Å². The van der Waals surface area contributed by atoms with Crippen LogP contribution in [0.3, 0.4) is 0 Å². The van der Waals surface area contributed by atoms with Gasteiger partial charge in [0.05, 0.1) is 19.7 Å². The van der Waals surface area contributed by atoms with Crippen LogP contribution in [0.5, 0.6) is 17.2 Å². The van der Waals surface area contributed by atoms with E-state index in [1.165, 1.54) is 13.2 Å². The second-order valence-electron chi connectivity index (χ2n) is 8.21. The summed E-state index contributed by atoms with van der Waals surface area (Å²) in [6, 6.07) is 10.7. The summed E-state index contributed by atoms with van der Waals surface area (Å²) < 4.78 is 30.1. The predicted octanol–water partition coefficient (Wildman–Crippen LogP) is 2.60. The van der Waals surface area contributed by atoms with E-state index in [-0.39, 0.29) is 23.5 Å². The molecular formula is C24H30FN3O4. The highest BCUT2D eigenvalue weighted by molar-refractivity contribution is 5.78. The number of piperazine rings is 1. The fourth-order valence-electron chi connectivity index (χ4n) is 4.07. The molecule has 2 heterocycles. The van der Waals surface area contributed by atoms with Gasteiger partial charge in [-0.3, -0.25) is 14.6 Å². The van der Waals surface area contributed by atoms with Gasteiger partial charge in [-0.1, -0.05) is 12.1 Å². The number of hydrogen-bond donors (Lipinski definition) is 1. The number of fused-ring (bicyclic) bond motifs is 1. The Bertz CT molecular complexity index is 947. The normalized spacial score (nSPS) is 17.6. The summed E-state index contributed by atoms with van der Waals surface area (Å²) in [5.74, 6) is 1.39. The number of carbonyl (C=O) groups is 1.